The molecule has 0 rings (SSSR count). The van der Waals surface area contributed by atoms with Gasteiger partial charge in [-0.25, -0.2) is 9.13 Å². The Hall–Kier alpha value is -5.84. The van der Waals surface area contributed by atoms with E-state index in [-0.39, 0.29) is 25.7 Å². The van der Waals surface area contributed by atoms with E-state index >= 15 is 0 Å². The number of ether oxygens (including phenoxy) is 4. The molecule has 0 heterocycles. The van der Waals surface area contributed by atoms with Crippen molar-refractivity contribution < 1.29 is 80.2 Å². The number of hydrogen-bond acceptors (Lipinski definition) is 15. The van der Waals surface area contributed by atoms with Crippen LogP contribution in [0.3, 0.4) is 0 Å². The number of esters is 4. The van der Waals surface area contributed by atoms with Gasteiger partial charge in [-0.05, 0) is 167 Å². The molecule has 0 amide bonds. The second kappa shape index (κ2) is 79.3. The van der Waals surface area contributed by atoms with Crippen LogP contribution in [0.2, 0.25) is 0 Å². The highest BCUT2D eigenvalue weighted by atomic mass is 31.2. The van der Waals surface area contributed by atoms with E-state index in [9.17, 15) is 43.2 Å². The van der Waals surface area contributed by atoms with Crippen molar-refractivity contribution in [3.8, 4) is 0 Å². The molecule has 17 nitrogen and oxygen atoms in total. The fraction of sp³-hybridized carbons (Fsp3) is 0.618. The lowest BCUT2D eigenvalue weighted by Crippen LogP contribution is -2.30. The first-order valence-corrected chi connectivity index (χ1v) is 44.0. The molecular formula is C89H144O17P2. The van der Waals surface area contributed by atoms with Crippen molar-refractivity contribution in [3.63, 3.8) is 0 Å². The van der Waals surface area contributed by atoms with Gasteiger partial charge in [0, 0.05) is 25.7 Å². The third-order valence-electron chi connectivity index (χ3n) is 16.3. The van der Waals surface area contributed by atoms with Gasteiger partial charge in [0.2, 0.25) is 0 Å². The number of aliphatic hydroxyl groups excluding tert-OH is 1. The number of hydrogen-bond donors (Lipinski definition) is 3. The smallest absolute Gasteiger partial charge is 0.462 e. The SMILES string of the molecule is CCCCC/C=C\C/C=C\C/C=C\C/C=C\C/C=C\CCC(=O)OC[C@H](COP(=O)(O)OC[C@@H](O)COP(=O)(O)OC[C@@H](COC(=O)CC/C=C\C/C=C\C/C=C\C/C=C\C/C=C\CCCCC)OC(=O)CCCCCCC/C=C\CCCCCC)OC(=O)CCC/C=C\C/C=C\C/C=C\C/C=C\CCCCC. The van der Waals surface area contributed by atoms with Crippen molar-refractivity contribution in [2.24, 2.45) is 0 Å². The minimum absolute atomic E-state index is 0.00496. The molecule has 612 valence electrons. The predicted molar refractivity (Wildman–Crippen MR) is 445 cm³/mol. The van der Waals surface area contributed by atoms with Gasteiger partial charge >= 0.3 is 39.5 Å². The molecule has 2 unspecified atom stereocenters. The average molecular weight is 1550 g/mol. The topological polar surface area (TPSA) is 237 Å². The molecule has 108 heavy (non-hydrogen) atoms. The molecular weight excluding hydrogens is 1400 g/mol. The maximum Gasteiger partial charge on any atom is 0.472 e. The summed E-state index contributed by atoms with van der Waals surface area (Å²) < 4.78 is 68.4. The molecule has 0 aromatic heterocycles. The Kier molecular flexibility index (Phi) is 75.0. The zero-order valence-electron chi connectivity index (χ0n) is 66.9. The van der Waals surface area contributed by atoms with E-state index in [4.69, 9.17) is 37.0 Å². The highest BCUT2D eigenvalue weighted by molar-refractivity contribution is 7.47. The van der Waals surface area contributed by atoms with Gasteiger partial charge in [0.05, 0.1) is 26.4 Å². The van der Waals surface area contributed by atoms with Crippen molar-refractivity contribution in [1.29, 1.82) is 0 Å². The monoisotopic (exact) mass is 1550 g/mol. The quantitative estimate of drug-likeness (QED) is 0.0169. The third kappa shape index (κ3) is 78.3. The minimum atomic E-state index is -5.02. The van der Waals surface area contributed by atoms with E-state index < -0.39 is 97.5 Å². The molecule has 19 heteroatoms. The molecule has 0 saturated heterocycles. The molecule has 0 bridgehead atoms. The first-order valence-electron chi connectivity index (χ1n) is 41.0. The number of rotatable bonds is 75. The summed E-state index contributed by atoms with van der Waals surface area (Å²) in [6, 6.07) is 0. The van der Waals surface area contributed by atoms with Gasteiger partial charge in [-0.3, -0.25) is 37.3 Å². The fourth-order valence-electron chi connectivity index (χ4n) is 10.1. The van der Waals surface area contributed by atoms with Crippen molar-refractivity contribution >= 4 is 39.5 Å². The van der Waals surface area contributed by atoms with Gasteiger partial charge in [-0.2, -0.15) is 0 Å². The number of unbranched alkanes of at least 4 members (excludes halogenated alkanes) is 19. The van der Waals surface area contributed by atoms with Gasteiger partial charge < -0.3 is 33.8 Å². The summed E-state index contributed by atoms with van der Waals surface area (Å²) in [4.78, 5) is 73.0. The highest BCUT2D eigenvalue weighted by Crippen LogP contribution is 2.45. The van der Waals surface area contributed by atoms with Crippen LogP contribution in [-0.4, -0.2) is 96.7 Å². The molecule has 0 saturated carbocycles. The lowest BCUT2D eigenvalue weighted by Gasteiger charge is -2.21. The van der Waals surface area contributed by atoms with Gasteiger partial charge in [-0.15, -0.1) is 0 Å². The number of carbonyl (C=O) groups excluding carboxylic acids is 4. The van der Waals surface area contributed by atoms with Crippen LogP contribution in [0.25, 0.3) is 0 Å². The molecule has 0 aromatic rings. The summed E-state index contributed by atoms with van der Waals surface area (Å²) in [7, 11) is -10.0. The van der Waals surface area contributed by atoms with Crippen LogP contribution in [0.4, 0.5) is 0 Å². The van der Waals surface area contributed by atoms with Crippen molar-refractivity contribution in [2.75, 3.05) is 39.6 Å². The van der Waals surface area contributed by atoms with Crippen molar-refractivity contribution in [1.82, 2.24) is 0 Å². The maximum absolute atomic E-state index is 13.1. The van der Waals surface area contributed by atoms with E-state index in [1.807, 2.05) is 48.6 Å². The summed E-state index contributed by atoms with van der Waals surface area (Å²) in [6.45, 7) is 4.51. The van der Waals surface area contributed by atoms with Crippen LogP contribution < -0.4 is 0 Å². The predicted octanol–water partition coefficient (Wildman–Crippen LogP) is 24.3. The summed E-state index contributed by atoms with van der Waals surface area (Å²) >= 11 is 0. The molecule has 0 aromatic carbocycles. The molecule has 0 aliphatic rings. The van der Waals surface area contributed by atoms with E-state index in [1.54, 1.807) is 0 Å². The molecule has 0 radical (unpaired) electrons. The Morgan fingerprint density at radius 1 is 0.259 bits per heavy atom. The number of carbonyl (C=O) groups is 4. The Morgan fingerprint density at radius 2 is 0.481 bits per heavy atom. The molecule has 0 aliphatic carbocycles. The zero-order valence-corrected chi connectivity index (χ0v) is 68.7. The zero-order chi connectivity index (χ0) is 78.9. The summed E-state index contributed by atoms with van der Waals surface area (Å²) in [6.07, 6.45) is 96.2. The molecule has 0 aliphatic heterocycles. The molecule has 3 N–H and O–H groups in total. The van der Waals surface area contributed by atoms with Gasteiger partial charge in [0.15, 0.2) is 12.2 Å². The van der Waals surface area contributed by atoms with E-state index in [0.717, 1.165) is 116 Å². The normalized spacial score (nSPS) is 14.8. The van der Waals surface area contributed by atoms with Crippen LogP contribution in [0, 0.1) is 0 Å². The standard InChI is InChI=1S/C89H144O17P2/c1-5-9-13-17-21-25-29-33-36-39-41-44-46-50-53-57-61-65-69-73-86(91)99-79-84(105-88(93)75-71-67-63-59-55-49-32-28-24-20-16-12-8-4)81-103-107(95,96)101-77-83(90)78-102-108(97,98)104-82-85(106-89(94)76-72-68-64-60-56-52-48-43-38-35-31-27-23-19-15-11-7-3)80-100-87(92)74-70-66-62-58-54-51-47-45-42-40-37-34-30-26-22-18-14-10-6-2/h21-23,25-28,32-38,41-42,44-45,48,50-54,60-62,64-66,83-85,90H,5-20,24,29-31,39-40,43,46-47,49,55-59,63,67-82H2,1-4H3,(H,95,96)(H,97,98)/b25-21-,26-22-,27-23-,32-28-,36-33-,37-34-,38-35-,44-41-,45-42-,52-48-,53-50-,54-51-,64-60-,65-61-,66-62-/t83-,84+,85+/m0/s1. The summed E-state index contributed by atoms with van der Waals surface area (Å²) in [5, 5.41) is 10.6. The highest BCUT2D eigenvalue weighted by Gasteiger charge is 2.30. The van der Waals surface area contributed by atoms with Crippen LogP contribution in [-0.2, 0) is 65.4 Å². The van der Waals surface area contributed by atoms with Gasteiger partial charge in [0.1, 0.15) is 19.3 Å². The lowest BCUT2D eigenvalue weighted by atomic mass is 10.1. The largest absolute Gasteiger partial charge is 0.472 e. The Morgan fingerprint density at radius 3 is 0.796 bits per heavy atom. The Labute approximate surface area is 654 Å². The maximum atomic E-state index is 13.1. The lowest BCUT2D eigenvalue weighted by molar-refractivity contribution is -0.161. The van der Waals surface area contributed by atoms with Crippen LogP contribution in [0.5, 0.6) is 0 Å². The average Bonchev–Trinajstić information content (AvgIpc) is 0.886. The fourth-order valence-corrected chi connectivity index (χ4v) is 11.6. The van der Waals surface area contributed by atoms with E-state index in [1.165, 1.54) is 83.5 Å². The number of aliphatic hydroxyl groups is 1. The third-order valence-corrected chi connectivity index (χ3v) is 18.2. The molecule has 0 spiro atoms. The number of allylic oxidation sites excluding steroid dienone is 30. The first kappa shape index (κ1) is 102. The Bertz CT molecular complexity index is 2760. The van der Waals surface area contributed by atoms with Crippen molar-refractivity contribution in [2.45, 2.75) is 316 Å². The first-order chi connectivity index (χ1) is 52.7. The summed E-state index contributed by atoms with van der Waals surface area (Å²) in [5.74, 6) is -2.46. The number of phosphoric ester groups is 2. The van der Waals surface area contributed by atoms with Crippen LogP contribution in [0.1, 0.15) is 297 Å². The van der Waals surface area contributed by atoms with Gasteiger partial charge in [0.25, 0.3) is 0 Å². The molecule has 5 atom stereocenters. The second-order valence-electron chi connectivity index (χ2n) is 26.6. The summed E-state index contributed by atoms with van der Waals surface area (Å²) in [5.41, 5.74) is 0. The van der Waals surface area contributed by atoms with Crippen molar-refractivity contribution in [3.05, 3.63) is 182 Å². The number of phosphoric acid groups is 2. The Balaban J connectivity index is 5.55. The minimum Gasteiger partial charge on any atom is -0.462 e. The van der Waals surface area contributed by atoms with E-state index in [0.29, 0.717) is 44.9 Å². The second-order valence-corrected chi connectivity index (χ2v) is 29.5. The van der Waals surface area contributed by atoms with Crippen LogP contribution in [0.15, 0.2) is 182 Å². The molecule has 0 fully saturated rings. The van der Waals surface area contributed by atoms with Crippen LogP contribution >= 0.6 is 15.6 Å². The van der Waals surface area contributed by atoms with E-state index in [2.05, 4.69) is 161 Å². The van der Waals surface area contributed by atoms with Gasteiger partial charge in [-0.1, -0.05) is 287 Å².